The Morgan fingerprint density at radius 2 is 1.79 bits per heavy atom. The Hall–Kier alpha value is -0.0800. The van der Waals surface area contributed by atoms with Gasteiger partial charge in [0, 0.05) is 18.1 Å². The van der Waals surface area contributed by atoms with Gasteiger partial charge in [-0.1, -0.05) is 26.2 Å². The van der Waals surface area contributed by atoms with Gasteiger partial charge in [-0.05, 0) is 33.2 Å². The van der Waals surface area contributed by atoms with E-state index < -0.39 is 0 Å². The van der Waals surface area contributed by atoms with Gasteiger partial charge in [0.1, 0.15) is 0 Å². The molecule has 0 spiro atoms. The highest BCUT2D eigenvalue weighted by molar-refractivity contribution is 4.90. The van der Waals surface area contributed by atoms with Crippen molar-refractivity contribution in [2.24, 2.45) is 5.73 Å². The minimum absolute atomic E-state index is 0.110. The van der Waals surface area contributed by atoms with Crippen molar-refractivity contribution in [2.45, 2.75) is 64.5 Å². The van der Waals surface area contributed by atoms with E-state index in [-0.39, 0.29) is 5.54 Å². The van der Waals surface area contributed by atoms with Gasteiger partial charge in [0.25, 0.3) is 0 Å². The Balaban J connectivity index is 2.46. The van der Waals surface area contributed by atoms with E-state index in [4.69, 9.17) is 5.73 Å². The lowest BCUT2D eigenvalue weighted by atomic mass is 9.82. The van der Waals surface area contributed by atoms with E-state index in [2.05, 4.69) is 25.7 Å². The molecule has 1 fully saturated rings. The van der Waals surface area contributed by atoms with Crippen molar-refractivity contribution in [2.75, 3.05) is 13.1 Å². The molecule has 0 atom stereocenters. The van der Waals surface area contributed by atoms with Gasteiger partial charge in [0.15, 0.2) is 0 Å². The fraction of sp³-hybridized carbons (Fsp3) is 1.00. The summed E-state index contributed by atoms with van der Waals surface area (Å²) >= 11 is 0. The van der Waals surface area contributed by atoms with Gasteiger partial charge in [-0.2, -0.15) is 0 Å². The maximum Gasteiger partial charge on any atom is 0.0283 e. The molecule has 0 aromatic rings. The molecule has 0 bridgehead atoms. The Kier molecular flexibility index (Phi) is 4.39. The van der Waals surface area contributed by atoms with Gasteiger partial charge in [-0.15, -0.1) is 0 Å². The molecule has 0 amide bonds. The molecule has 0 aromatic heterocycles. The fourth-order valence-electron chi connectivity index (χ4n) is 2.48. The van der Waals surface area contributed by atoms with E-state index in [0.717, 1.165) is 13.1 Å². The Bertz CT molecular complexity index is 160. The molecular formula is C12H26N2. The molecule has 2 heteroatoms. The third-order valence-corrected chi connectivity index (χ3v) is 3.50. The summed E-state index contributed by atoms with van der Waals surface area (Å²) in [6.45, 7) is 8.95. The zero-order chi connectivity index (χ0) is 10.6. The second kappa shape index (κ2) is 5.13. The second-order valence-corrected chi connectivity index (χ2v) is 5.08. The highest BCUT2D eigenvalue weighted by atomic mass is 15.2. The fourth-order valence-corrected chi connectivity index (χ4v) is 2.48. The van der Waals surface area contributed by atoms with Crippen LogP contribution in [0.1, 0.15) is 52.9 Å². The highest BCUT2D eigenvalue weighted by Crippen LogP contribution is 2.27. The highest BCUT2D eigenvalue weighted by Gasteiger charge is 2.29. The van der Waals surface area contributed by atoms with Crippen LogP contribution in [0.25, 0.3) is 0 Å². The number of likely N-dealkylation sites (N-methyl/N-ethyl adjacent to an activating group) is 1. The van der Waals surface area contributed by atoms with Crippen LogP contribution in [0.3, 0.4) is 0 Å². The van der Waals surface area contributed by atoms with Crippen molar-refractivity contribution >= 4 is 0 Å². The summed E-state index contributed by atoms with van der Waals surface area (Å²) in [5.41, 5.74) is 6.54. The van der Waals surface area contributed by atoms with E-state index >= 15 is 0 Å². The first-order valence-electron chi connectivity index (χ1n) is 6.10. The maximum atomic E-state index is 6.43. The summed E-state index contributed by atoms with van der Waals surface area (Å²) in [4.78, 5) is 2.49. The van der Waals surface area contributed by atoms with Crippen LogP contribution in [0.5, 0.6) is 0 Å². The van der Waals surface area contributed by atoms with Crippen LogP contribution in [-0.2, 0) is 0 Å². The molecule has 2 N–H and O–H groups in total. The Morgan fingerprint density at radius 3 is 2.21 bits per heavy atom. The predicted octanol–water partition coefficient (Wildman–Crippen LogP) is 2.38. The largest absolute Gasteiger partial charge is 0.324 e. The molecular weight excluding hydrogens is 172 g/mol. The van der Waals surface area contributed by atoms with Crippen molar-refractivity contribution < 1.29 is 0 Å². The minimum atomic E-state index is 0.110. The second-order valence-electron chi connectivity index (χ2n) is 5.08. The first-order valence-corrected chi connectivity index (χ1v) is 6.10. The van der Waals surface area contributed by atoms with Crippen LogP contribution in [0.15, 0.2) is 0 Å². The van der Waals surface area contributed by atoms with Crippen LogP contribution in [-0.4, -0.2) is 29.6 Å². The number of nitrogens with two attached hydrogens (primary N) is 1. The molecule has 0 aliphatic heterocycles. The van der Waals surface area contributed by atoms with Crippen molar-refractivity contribution in [1.29, 1.82) is 0 Å². The first-order chi connectivity index (χ1) is 6.57. The number of hydrogen-bond acceptors (Lipinski definition) is 2. The molecule has 84 valence electrons. The summed E-state index contributed by atoms with van der Waals surface area (Å²) in [5.74, 6) is 0. The van der Waals surface area contributed by atoms with Crippen molar-refractivity contribution in [3.63, 3.8) is 0 Å². The molecule has 1 aliphatic carbocycles. The smallest absolute Gasteiger partial charge is 0.0283 e. The van der Waals surface area contributed by atoms with Gasteiger partial charge in [-0.3, -0.25) is 4.90 Å². The normalized spacial score (nSPS) is 21.9. The van der Waals surface area contributed by atoms with E-state index in [1.54, 1.807) is 0 Å². The summed E-state index contributed by atoms with van der Waals surface area (Å²) in [5, 5.41) is 0. The molecule has 1 aliphatic rings. The van der Waals surface area contributed by atoms with Gasteiger partial charge < -0.3 is 5.73 Å². The summed E-state index contributed by atoms with van der Waals surface area (Å²) in [6, 6.07) is 0.627. The average molecular weight is 198 g/mol. The summed E-state index contributed by atoms with van der Waals surface area (Å²) < 4.78 is 0. The number of rotatable bonds is 4. The standard InChI is InChI=1S/C12H26N2/c1-4-14(11(2)3)10-12(13)8-6-5-7-9-12/h11H,4-10,13H2,1-3H3. The lowest BCUT2D eigenvalue weighted by Crippen LogP contribution is -2.52. The Morgan fingerprint density at radius 1 is 1.21 bits per heavy atom. The summed E-state index contributed by atoms with van der Waals surface area (Å²) in [7, 11) is 0. The third-order valence-electron chi connectivity index (χ3n) is 3.50. The SMILES string of the molecule is CCN(CC1(N)CCCCC1)C(C)C. The quantitative estimate of drug-likeness (QED) is 0.751. The van der Waals surface area contributed by atoms with Gasteiger partial charge in [0.2, 0.25) is 0 Å². The van der Waals surface area contributed by atoms with Crippen LogP contribution in [0.4, 0.5) is 0 Å². The van der Waals surface area contributed by atoms with E-state index in [1.165, 1.54) is 32.1 Å². The van der Waals surface area contributed by atoms with Gasteiger partial charge in [-0.25, -0.2) is 0 Å². The maximum absolute atomic E-state index is 6.43. The zero-order valence-electron chi connectivity index (χ0n) is 10.1. The zero-order valence-corrected chi connectivity index (χ0v) is 10.1. The molecule has 1 rings (SSSR count). The monoisotopic (exact) mass is 198 g/mol. The van der Waals surface area contributed by atoms with E-state index in [1.807, 2.05) is 0 Å². The molecule has 1 saturated carbocycles. The average Bonchev–Trinajstić information content (AvgIpc) is 2.15. The molecule has 0 radical (unpaired) electrons. The lowest BCUT2D eigenvalue weighted by Gasteiger charge is -2.39. The lowest BCUT2D eigenvalue weighted by molar-refractivity contribution is 0.149. The predicted molar refractivity (Wildman–Crippen MR) is 62.4 cm³/mol. The number of nitrogens with zero attached hydrogens (tertiary/aromatic N) is 1. The molecule has 0 heterocycles. The van der Waals surface area contributed by atoms with Crippen molar-refractivity contribution in [1.82, 2.24) is 4.90 Å². The topological polar surface area (TPSA) is 29.3 Å². The van der Waals surface area contributed by atoms with Crippen molar-refractivity contribution in [3.05, 3.63) is 0 Å². The molecule has 2 nitrogen and oxygen atoms in total. The van der Waals surface area contributed by atoms with Crippen LogP contribution < -0.4 is 5.73 Å². The molecule has 0 aromatic carbocycles. The minimum Gasteiger partial charge on any atom is -0.324 e. The number of hydrogen-bond donors (Lipinski definition) is 1. The van der Waals surface area contributed by atoms with Crippen LogP contribution in [0, 0.1) is 0 Å². The van der Waals surface area contributed by atoms with Gasteiger partial charge >= 0.3 is 0 Å². The van der Waals surface area contributed by atoms with Crippen LogP contribution >= 0.6 is 0 Å². The van der Waals surface area contributed by atoms with E-state index in [9.17, 15) is 0 Å². The summed E-state index contributed by atoms with van der Waals surface area (Å²) in [6.07, 6.45) is 6.47. The first kappa shape index (κ1) is 12.0. The third kappa shape index (κ3) is 3.25. The van der Waals surface area contributed by atoms with E-state index in [0.29, 0.717) is 6.04 Å². The van der Waals surface area contributed by atoms with Gasteiger partial charge in [0.05, 0.1) is 0 Å². The van der Waals surface area contributed by atoms with Crippen molar-refractivity contribution in [3.8, 4) is 0 Å². The molecule has 0 unspecified atom stereocenters. The Labute approximate surface area is 88.8 Å². The molecule has 0 saturated heterocycles. The van der Waals surface area contributed by atoms with Crippen LogP contribution in [0.2, 0.25) is 0 Å². The molecule has 14 heavy (non-hydrogen) atoms.